The van der Waals surface area contributed by atoms with Crippen molar-refractivity contribution in [2.75, 3.05) is 12.4 Å². The van der Waals surface area contributed by atoms with Crippen LogP contribution in [-0.2, 0) is 11.2 Å². The number of anilines is 1. The summed E-state index contributed by atoms with van der Waals surface area (Å²) in [5, 5.41) is 6.57. The van der Waals surface area contributed by atoms with Crippen molar-refractivity contribution < 1.29 is 9.59 Å². The number of nitrogens with one attached hydrogen (secondary N) is 3. The number of aryl methyl sites for hydroxylation is 1. The van der Waals surface area contributed by atoms with Crippen LogP contribution < -0.4 is 10.6 Å². The molecular formula is C20H20BrN3O2. The van der Waals surface area contributed by atoms with Gasteiger partial charge in [-0.2, -0.15) is 0 Å². The second-order valence-electron chi connectivity index (χ2n) is 6.20. The minimum atomic E-state index is -0.170. The lowest BCUT2D eigenvalue weighted by molar-refractivity contribution is -0.115. The molecular weight excluding hydrogens is 394 g/mol. The molecule has 0 aliphatic rings. The quantitative estimate of drug-likeness (QED) is 0.602. The molecule has 0 atom stereocenters. The van der Waals surface area contributed by atoms with Gasteiger partial charge in [-0.1, -0.05) is 22.0 Å². The zero-order valence-corrected chi connectivity index (χ0v) is 16.5. The highest BCUT2D eigenvalue weighted by Crippen LogP contribution is 2.26. The molecule has 0 saturated heterocycles. The van der Waals surface area contributed by atoms with Crippen LogP contribution in [0.5, 0.6) is 0 Å². The van der Waals surface area contributed by atoms with E-state index in [1.54, 1.807) is 25.2 Å². The molecule has 2 aromatic carbocycles. The first-order chi connectivity index (χ1) is 12.4. The van der Waals surface area contributed by atoms with Crippen molar-refractivity contribution in [2.45, 2.75) is 20.3 Å². The van der Waals surface area contributed by atoms with Crippen LogP contribution in [-0.4, -0.2) is 23.8 Å². The van der Waals surface area contributed by atoms with Crippen molar-refractivity contribution in [1.29, 1.82) is 0 Å². The number of rotatable bonds is 4. The van der Waals surface area contributed by atoms with Crippen molar-refractivity contribution in [3.63, 3.8) is 0 Å². The Morgan fingerprint density at radius 1 is 1.15 bits per heavy atom. The number of halogens is 1. The summed E-state index contributed by atoms with van der Waals surface area (Å²) < 4.78 is 0.972. The fraction of sp³-hybridized carbons (Fsp3) is 0.200. The number of amides is 2. The molecule has 0 fully saturated rings. The molecule has 134 valence electrons. The van der Waals surface area contributed by atoms with Gasteiger partial charge in [0.2, 0.25) is 5.91 Å². The van der Waals surface area contributed by atoms with E-state index >= 15 is 0 Å². The average molecular weight is 414 g/mol. The number of benzene rings is 2. The highest BCUT2D eigenvalue weighted by Gasteiger charge is 2.15. The molecule has 3 N–H and O–H groups in total. The number of H-pyrrole nitrogens is 1. The number of aromatic amines is 1. The first-order valence-corrected chi connectivity index (χ1v) is 9.08. The summed E-state index contributed by atoms with van der Waals surface area (Å²) >= 11 is 3.48. The number of fused-ring (bicyclic) bond motifs is 1. The van der Waals surface area contributed by atoms with Gasteiger partial charge in [0.05, 0.1) is 6.42 Å². The lowest BCUT2D eigenvalue weighted by atomic mass is 10.0. The number of hydrogen-bond acceptors (Lipinski definition) is 2. The second kappa shape index (κ2) is 7.33. The van der Waals surface area contributed by atoms with Gasteiger partial charge >= 0.3 is 0 Å². The first kappa shape index (κ1) is 18.2. The van der Waals surface area contributed by atoms with E-state index in [-0.39, 0.29) is 18.2 Å². The largest absolute Gasteiger partial charge is 0.358 e. The maximum atomic E-state index is 12.6. The minimum Gasteiger partial charge on any atom is -0.358 e. The fourth-order valence-electron chi connectivity index (χ4n) is 3.09. The third kappa shape index (κ3) is 3.51. The summed E-state index contributed by atoms with van der Waals surface area (Å²) in [7, 11) is 1.59. The molecule has 0 saturated carbocycles. The van der Waals surface area contributed by atoms with E-state index in [2.05, 4.69) is 31.5 Å². The van der Waals surface area contributed by atoms with E-state index in [0.717, 1.165) is 32.2 Å². The van der Waals surface area contributed by atoms with Gasteiger partial charge in [-0.05, 0) is 55.3 Å². The first-order valence-electron chi connectivity index (χ1n) is 8.29. The second-order valence-corrected chi connectivity index (χ2v) is 7.12. The van der Waals surface area contributed by atoms with Gasteiger partial charge in [-0.25, -0.2) is 0 Å². The summed E-state index contributed by atoms with van der Waals surface area (Å²) in [4.78, 5) is 27.9. The molecule has 0 radical (unpaired) electrons. The molecule has 5 nitrogen and oxygen atoms in total. The molecule has 3 aromatic rings. The van der Waals surface area contributed by atoms with Crippen LogP contribution in [0.25, 0.3) is 10.9 Å². The normalized spacial score (nSPS) is 10.8. The third-order valence-electron chi connectivity index (χ3n) is 4.50. The van der Waals surface area contributed by atoms with E-state index in [1.807, 2.05) is 32.0 Å². The summed E-state index contributed by atoms with van der Waals surface area (Å²) in [6.45, 7) is 3.79. The van der Waals surface area contributed by atoms with Gasteiger partial charge < -0.3 is 15.6 Å². The summed E-state index contributed by atoms with van der Waals surface area (Å²) in [5.41, 5.74) is 4.90. The van der Waals surface area contributed by atoms with Crippen LogP contribution >= 0.6 is 15.9 Å². The fourth-order valence-corrected chi connectivity index (χ4v) is 3.45. The molecule has 0 spiro atoms. The lowest BCUT2D eigenvalue weighted by Crippen LogP contribution is -2.21. The van der Waals surface area contributed by atoms with Gasteiger partial charge in [0.1, 0.15) is 0 Å². The number of carbonyl (C=O) groups excluding carboxylic acids is 2. The lowest BCUT2D eigenvalue weighted by Gasteiger charge is -2.12. The van der Waals surface area contributed by atoms with E-state index < -0.39 is 0 Å². The predicted molar refractivity (Wildman–Crippen MR) is 108 cm³/mol. The monoisotopic (exact) mass is 413 g/mol. The number of hydrogen-bond donors (Lipinski definition) is 3. The molecule has 6 heteroatoms. The van der Waals surface area contributed by atoms with E-state index in [0.29, 0.717) is 11.3 Å². The van der Waals surface area contributed by atoms with Gasteiger partial charge in [-0.15, -0.1) is 0 Å². The Bertz CT molecular complexity index is 1010. The van der Waals surface area contributed by atoms with Gasteiger partial charge in [0, 0.05) is 39.4 Å². The molecule has 0 bridgehead atoms. The van der Waals surface area contributed by atoms with Crippen LogP contribution in [0, 0.1) is 13.8 Å². The van der Waals surface area contributed by atoms with Gasteiger partial charge in [-0.3, -0.25) is 9.59 Å². The zero-order valence-electron chi connectivity index (χ0n) is 14.9. The third-order valence-corrected chi connectivity index (χ3v) is 4.99. The molecule has 1 heterocycles. The van der Waals surface area contributed by atoms with E-state index in [1.165, 1.54) is 0 Å². The topological polar surface area (TPSA) is 74.0 Å². The Kier molecular flexibility index (Phi) is 5.13. The van der Waals surface area contributed by atoms with Crippen molar-refractivity contribution in [2.24, 2.45) is 0 Å². The van der Waals surface area contributed by atoms with Crippen molar-refractivity contribution in [3.8, 4) is 0 Å². The zero-order chi connectivity index (χ0) is 18.8. The highest BCUT2D eigenvalue weighted by atomic mass is 79.9. The molecule has 2 amide bonds. The van der Waals surface area contributed by atoms with Crippen LogP contribution in [0.1, 0.15) is 27.2 Å². The van der Waals surface area contributed by atoms with Crippen LogP contribution in [0.3, 0.4) is 0 Å². The Balaban J connectivity index is 1.86. The molecule has 0 aliphatic heterocycles. The summed E-state index contributed by atoms with van der Waals surface area (Å²) in [5.74, 6) is -0.290. The maximum absolute atomic E-state index is 12.6. The molecule has 26 heavy (non-hydrogen) atoms. The van der Waals surface area contributed by atoms with Crippen molar-refractivity contribution in [1.82, 2.24) is 10.3 Å². The summed E-state index contributed by atoms with van der Waals surface area (Å²) in [6, 6.07) is 11.3. The number of carbonyl (C=O) groups is 2. The molecule has 3 rings (SSSR count). The standard InChI is InChI=1S/C20H20BrN3O2/c1-11-14(20(26)22-3)5-4-6-17(11)24-19(25)10-15-12(2)23-18-8-7-13(21)9-16(15)18/h4-9,23H,10H2,1-3H3,(H,22,26)(H,24,25). The van der Waals surface area contributed by atoms with Gasteiger partial charge in [0.15, 0.2) is 0 Å². The smallest absolute Gasteiger partial charge is 0.251 e. The average Bonchev–Trinajstić information content (AvgIpc) is 2.91. The van der Waals surface area contributed by atoms with Crippen LogP contribution in [0.4, 0.5) is 5.69 Å². The number of aromatic nitrogens is 1. The summed E-state index contributed by atoms with van der Waals surface area (Å²) in [6.07, 6.45) is 0.256. The molecule has 1 aromatic heterocycles. The van der Waals surface area contributed by atoms with Crippen LogP contribution in [0.2, 0.25) is 0 Å². The molecule has 0 aliphatic carbocycles. The highest BCUT2D eigenvalue weighted by molar-refractivity contribution is 9.10. The SMILES string of the molecule is CNC(=O)c1cccc(NC(=O)Cc2c(C)[nH]c3ccc(Br)cc23)c1C. The van der Waals surface area contributed by atoms with Crippen LogP contribution in [0.15, 0.2) is 40.9 Å². The predicted octanol–water partition coefficient (Wildman–Crippen LogP) is 4.09. The Labute approximate surface area is 160 Å². The van der Waals surface area contributed by atoms with E-state index in [4.69, 9.17) is 0 Å². The maximum Gasteiger partial charge on any atom is 0.251 e. The minimum absolute atomic E-state index is 0.119. The Hall–Kier alpha value is -2.60. The van der Waals surface area contributed by atoms with Crippen molar-refractivity contribution in [3.05, 3.63) is 63.3 Å². The Morgan fingerprint density at radius 2 is 1.92 bits per heavy atom. The van der Waals surface area contributed by atoms with Crippen molar-refractivity contribution >= 4 is 44.3 Å². The Morgan fingerprint density at radius 3 is 2.65 bits per heavy atom. The van der Waals surface area contributed by atoms with E-state index in [9.17, 15) is 9.59 Å². The molecule has 0 unspecified atom stereocenters. The van der Waals surface area contributed by atoms with Gasteiger partial charge in [0.25, 0.3) is 5.91 Å².